The van der Waals surface area contributed by atoms with Crippen LogP contribution in [0.4, 0.5) is 0 Å². The average molecular weight is 234 g/mol. The summed E-state index contributed by atoms with van der Waals surface area (Å²) in [6.07, 6.45) is 2.92. The van der Waals surface area contributed by atoms with Crippen molar-refractivity contribution in [2.45, 2.75) is 31.1 Å². The first kappa shape index (κ1) is 10.2. The molecule has 1 saturated carbocycles. The second kappa shape index (κ2) is 3.26. The van der Waals surface area contributed by atoms with Crippen LogP contribution in [-0.2, 0) is 0 Å². The fraction of sp³-hybridized carbons (Fsp3) is 0.455. The summed E-state index contributed by atoms with van der Waals surface area (Å²) >= 11 is 0. The monoisotopic (exact) mass is 234 g/mol. The summed E-state index contributed by atoms with van der Waals surface area (Å²) in [5.74, 6) is -2.13. The second-order valence-corrected chi connectivity index (χ2v) is 4.51. The van der Waals surface area contributed by atoms with Gasteiger partial charge in [-0.2, -0.15) is 0 Å². The Kier molecular flexibility index (Phi) is 1.95. The van der Waals surface area contributed by atoms with Crippen LogP contribution in [-0.4, -0.2) is 32.1 Å². The molecule has 88 valence electrons. The number of fused-ring (bicyclic) bond motifs is 5. The van der Waals surface area contributed by atoms with Gasteiger partial charge in [0, 0.05) is 11.8 Å². The molecule has 2 aliphatic carbocycles. The minimum Gasteiger partial charge on any atom is -0.476 e. The van der Waals surface area contributed by atoms with E-state index < -0.39 is 23.3 Å². The van der Waals surface area contributed by atoms with Crippen molar-refractivity contribution in [1.82, 2.24) is 9.97 Å². The Bertz CT molecular complexity index is 494. The van der Waals surface area contributed by atoms with Crippen LogP contribution in [0, 0.1) is 0 Å². The van der Waals surface area contributed by atoms with E-state index in [-0.39, 0.29) is 11.8 Å². The SMILES string of the molecule is O=C(O)c1nc2c(nc1C(=O)O)C1CCC2C1. The van der Waals surface area contributed by atoms with E-state index in [4.69, 9.17) is 10.2 Å². The molecule has 17 heavy (non-hydrogen) atoms. The molecule has 0 saturated heterocycles. The molecule has 2 unspecified atom stereocenters. The van der Waals surface area contributed by atoms with Crippen molar-refractivity contribution >= 4 is 11.9 Å². The van der Waals surface area contributed by atoms with Gasteiger partial charge in [-0.1, -0.05) is 0 Å². The van der Waals surface area contributed by atoms with Crippen molar-refractivity contribution in [3.8, 4) is 0 Å². The predicted molar refractivity (Wildman–Crippen MR) is 55.3 cm³/mol. The second-order valence-electron chi connectivity index (χ2n) is 4.51. The summed E-state index contributed by atoms with van der Waals surface area (Å²) in [6.45, 7) is 0. The van der Waals surface area contributed by atoms with Gasteiger partial charge in [0.05, 0.1) is 11.4 Å². The number of hydrogen-bond acceptors (Lipinski definition) is 4. The quantitative estimate of drug-likeness (QED) is 0.798. The molecule has 3 rings (SSSR count). The van der Waals surface area contributed by atoms with Crippen molar-refractivity contribution in [3.05, 3.63) is 22.8 Å². The van der Waals surface area contributed by atoms with Crippen LogP contribution >= 0.6 is 0 Å². The molecule has 6 nitrogen and oxygen atoms in total. The average Bonchev–Trinajstić information content (AvgIpc) is 2.87. The third kappa shape index (κ3) is 1.33. The third-order valence-corrected chi connectivity index (χ3v) is 3.56. The lowest BCUT2D eigenvalue weighted by molar-refractivity contribution is 0.0640. The molecule has 0 radical (unpaired) electrons. The Labute approximate surface area is 96.3 Å². The lowest BCUT2D eigenvalue weighted by Gasteiger charge is -2.14. The molecule has 6 heteroatoms. The van der Waals surface area contributed by atoms with Crippen LogP contribution in [0.1, 0.15) is 63.5 Å². The lowest BCUT2D eigenvalue weighted by atomic mass is 10.00. The van der Waals surface area contributed by atoms with Gasteiger partial charge in [-0.05, 0) is 19.3 Å². The van der Waals surface area contributed by atoms with Crippen molar-refractivity contribution in [2.24, 2.45) is 0 Å². The van der Waals surface area contributed by atoms with Crippen molar-refractivity contribution < 1.29 is 19.8 Å². The van der Waals surface area contributed by atoms with Gasteiger partial charge in [-0.3, -0.25) is 0 Å². The van der Waals surface area contributed by atoms with E-state index in [2.05, 4.69) is 9.97 Å². The Morgan fingerprint density at radius 2 is 1.35 bits per heavy atom. The largest absolute Gasteiger partial charge is 0.476 e. The van der Waals surface area contributed by atoms with Gasteiger partial charge in [0.25, 0.3) is 0 Å². The first-order valence-electron chi connectivity index (χ1n) is 5.46. The lowest BCUT2D eigenvalue weighted by Crippen LogP contribution is -2.18. The fourth-order valence-corrected chi connectivity index (χ4v) is 2.84. The minimum absolute atomic E-state index is 0.267. The maximum absolute atomic E-state index is 11.0. The topological polar surface area (TPSA) is 100 Å². The standard InChI is InChI=1S/C11H10N2O4/c14-10(15)8-9(11(16)17)13-7-5-2-1-4(3-5)6(7)12-8/h4-5H,1-3H2,(H,14,15)(H,16,17). The number of rotatable bonds is 2. The minimum atomic E-state index is -1.33. The highest BCUT2D eigenvalue weighted by Gasteiger charge is 2.41. The number of hydrogen-bond donors (Lipinski definition) is 2. The maximum Gasteiger partial charge on any atom is 0.357 e. The smallest absolute Gasteiger partial charge is 0.357 e. The number of nitrogens with zero attached hydrogens (tertiary/aromatic N) is 2. The van der Waals surface area contributed by atoms with Crippen LogP contribution in [0.2, 0.25) is 0 Å². The summed E-state index contributed by atoms with van der Waals surface area (Å²) in [7, 11) is 0. The molecule has 2 aliphatic rings. The van der Waals surface area contributed by atoms with E-state index in [0.717, 1.165) is 19.3 Å². The Hall–Kier alpha value is -1.98. The van der Waals surface area contributed by atoms with E-state index in [1.165, 1.54) is 0 Å². The number of carboxylic acid groups (broad SMARTS) is 2. The molecule has 2 N–H and O–H groups in total. The molecule has 1 aromatic rings. The summed E-state index contributed by atoms with van der Waals surface area (Å²) in [5, 5.41) is 17.9. The van der Waals surface area contributed by atoms with E-state index in [0.29, 0.717) is 11.4 Å². The van der Waals surface area contributed by atoms with Crippen LogP contribution in [0.3, 0.4) is 0 Å². The molecule has 1 fully saturated rings. The summed E-state index contributed by atoms with van der Waals surface area (Å²) in [6, 6.07) is 0. The first-order valence-corrected chi connectivity index (χ1v) is 5.46. The summed E-state index contributed by atoms with van der Waals surface area (Å²) < 4.78 is 0. The molecule has 0 spiro atoms. The van der Waals surface area contributed by atoms with Gasteiger partial charge in [0.15, 0.2) is 11.4 Å². The number of aromatic nitrogens is 2. The number of carboxylic acids is 2. The predicted octanol–water partition coefficient (Wildman–Crippen LogP) is 1.24. The molecule has 0 aromatic carbocycles. The highest BCUT2D eigenvalue weighted by molar-refractivity contribution is 5.98. The number of carbonyl (C=O) groups is 2. The zero-order valence-electron chi connectivity index (χ0n) is 8.88. The molecule has 2 bridgehead atoms. The van der Waals surface area contributed by atoms with Gasteiger partial charge in [-0.15, -0.1) is 0 Å². The van der Waals surface area contributed by atoms with Gasteiger partial charge in [0.1, 0.15) is 0 Å². The van der Waals surface area contributed by atoms with Gasteiger partial charge in [-0.25, -0.2) is 19.6 Å². The molecular weight excluding hydrogens is 224 g/mol. The van der Waals surface area contributed by atoms with Gasteiger partial charge >= 0.3 is 11.9 Å². The van der Waals surface area contributed by atoms with E-state index in [9.17, 15) is 9.59 Å². The number of aromatic carboxylic acids is 2. The summed E-state index contributed by atoms with van der Waals surface area (Å²) in [5.41, 5.74) is 0.514. The van der Waals surface area contributed by atoms with Crippen molar-refractivity contribution in [1.29, 1.82) is 0 Å². The van der Waals surface area contributed by atoms with E-state index >= 15 is 0 Å². The fourth-order valence-electron chi connectivity index (χ4n) is 2.84. The summed E-state index contributed by atoms with van der Waals surface area (Å²) in [4.78, 5) is 30.0. The first-order chi connectivity index (χ1) is 8.08. The molecule has 1 heterocycles. The molecule has 0 amide bonds. The Morgan fingerprint density at radius 3 is 1.71 bits per heavy atom. The van der Waals surface area contributed by atoms with E-state index in [1.807, 2.05) is 0 Å². The van der Waals surface area contributed by atoms with Crippen LogP contribution in [0.5, 0.6) is 0 Å². The zero-order chi connectivity index (χ0) is 12.2. The highest BCUT2D eigenvalue weighted by atomic mass is 16.4. The van der Waals surface area contributed by atoms with Crippen molar-refractivity contribution in [3.63, 3.8) is 0 Å². The van der Waals surface area contributed by atoms with Crippen LogP contribution < -0.4 is 0 Å². The molecule has 0 aliphatic heterocycles. The molecule has 1 aromatic heterocycles. The maximum atomic E-state index is 11.0. The highest BCUT2D eigenvalue weighted by Crippen LogP contribution is 2.51. The van der Waals surface area contributed by atoms with Crippen LogP contribution in [0.15, 0.2) is 0 Å². The van der Waals surface area contributed by atoms with Gasteiger partial charge < -0.3 is 10.2 Å². The van der Waals surface area contributed by atoms with Crippen molar-refractivity contribution in [2.75, 3.05) is 0 Å². The van der Waals surface area contributed by atoms with Crippen LogP contribution in [0.25, 0.3) is 0 Å². The molecule has 2 atom stereocenters. The normalized spacial score (nSPS) is 24.7. The zero-order valence-corrected chi connectivity index (χ0v) is 8.88. The Morgan fingerprint density at radius 1 is 0.941 bits per heavy atom. The Balaban J connectivity index is 2.21. The van der Waals surface area contributed by atoms with E-state index in [1.54, 1.807) is 0 Å². The van der Waals surface area contributed by atoms with Gasteiger partial charge in [0.2, 0.25) is 0 Å². The molecular formula is C11H10N2O4. The third-order valence-electron chi connectivity index (χ3n) is 3.56.